The molecule has 4 rings (SSSR count). The molecule has 1 aromatic carbocycles. The zero-order chi connectivity index (χ0) is 30.9. The van der Waals surface area contributed by atoms with E-state index in [-0.39, 0.29) is 11.8 Å². The molecular formula is C29H35N3O9. The van der Waals surface area contributed by atoms with Crippen LogP contribution in [0.5, 0.6) is 0 Å². The number of aromatic nitrogens is 1. The molecule has 0 spiro atoms. The van der Waals surface area contributed by atoms with E-state index in [0.717, 1.165) is 26.1 Å². The van der Waals surface area contributed by atoms with Gasteiger partial charge in [0.1, 0.15) is 0 Å². The standard InChI is InChI=1S/C21H27N3O.2C4H4O4/c1-5-24(6-2)21(25)15-10-17-16-8-7-9-18-20(16)14(12-22(18)3)11-19(17)23(4)13-15;2*5-3(6)1-2-4(7)8/h7-10,12,15,19H,5-6,11,13H2,1-4H3;2*1-2H,(H,5,6)(H,7,8)/b;2*2-1-/t15-,19-;;/m1../s1. The molecule has 2 aromatic rings. The smallest absolute Gasteiger partial charge is 0.328 e. The Morgan fingerprint density at radius 1 is 0.878 bits per heavy atom. The number of amides is 1. The Bertz CT molecular complexity index is 1330. The van der Waals surface area contributed by atoms with Crippen LogP contribution < -0.4 is 0 Å². The van der Waals surface area contributed by atoms with Gasteiger partial charge in [0.2, 0.25) is 5.91 Å². The van der Waals surface area contributed by atoms with Crippen molar-refractivity contribution in [3.63, 3.8) is 0 Å². The van der Waals surface area contributed by atoms with Crippen molar-refractivity contribution in [2.24, 2.45) is 13.0 Å². The first-order valence-corrected chi connectivity index (χ1v) is 12.9. The zero-order valence-corrected chi connectivity index (χ0v) is 23.4. The Morgan fingerprint density at radius 2 is 1.39 bits per heavy atom. The Balaban J connectivity index is 0.000000304. The Hall–Kier alpha value is -4.71. The van der Waals surface area contributed by atoms with E-state index in [9.17, 15) is 24.0 Å². The van der Waals surface area contributed by atoms with Gasteiger partial charge in [0, 0.05) is 74.1 Å². The van der Waals surface area contributed by atoms with Crippen LogP contribution in [0.15, 0.2) is 54.8 Å². The molecule has 2 heterocycles. The maximum absolute atomic E-state index is 12.9. The van der Waals surface area contributed by atoms with Crippen molar-refractivity contribution in [1.29, 1.82) is 0 Å². The maximum Gasteiger partial charge on any atom is 0.328 e. The number of fused-ring (bicyclic) bond motifs is 2. The number of hydrogen-bond acceptors (Lipinski definition) is 6. The molecule has 1 aromatic heterocycles. The summed E-state index contributed by atoms with van der Waals surface area (Å²) in [7, 11) is 4.28. The number of nitrogens with zero attached hydrogens (tertiary/aromatic N) is 3. The minimum absolute atomic E-state index is 0.0448. The summed E-state index contributed by atoms with van der Waals surface area (Å²) in [5.74, 6) is -4.81. The van der Waals surface area contributed by atoms with E-state index in [0.29, 0.717) is 30.3 Å². The van der Waals surface area contributed by atoms with Gasteiger partial charge in [-0.15, -0.1) is 0 Å². The second kappa shape index (κ2) is 14.6. The second-order valence-electron chi connectivity index (χ2n) is 9.38. The molecule has 0 radical (unpaired) electrons. The first kappa shape index (κ1) is 32.5. The Kier molecular flexibility index (Phi) is 11.6. The summed E-state index contributed by atoms with van der Waals surface area (Å²) in [6.45, 7) is 6.48. The molecule has 41 heavy (non-hydrogen) atoms. The first-order valence-electron chi connectivity index (χ1n) is 12.9. The zero-order valence-electron chi connectivity index (χ0n) is 23.4. The lowest BCUT2D eigenvalue weighted by molar-refractivity contribution is -0.134. The van der Waals surface area contributed by atoms with E-state index in [1.165, 1.54) is 27.6 Å². The van der Waals surface area contributed by atoms with Crippen LogP contribution in [-0.4, -0.2) is 97.3 Å². The summed E-state index contributed by atoms with van der Waals surface area (Å²) in [6, 6.07) is 6.93. The lowest BCUT2D eigenvalue weighted by Crippen LogP contribution is -2.47. The number of hydrogen-bond donors (Lipinski definition) is 4. The highest BCUT2D eigenvalue weighted by molar-refractivity contribution is 5.99. The number of carboxylic acids is 4. The Labute approximate surface area is 237 Å². The third-order valence-electron chi connectivity index (χ3n) is 6.70. The van der Waals surface area contributed by atoms with Crippen LogP contribution in [0.4, 0.5) is 0 Å². The highest BCUT2D eigenvalue weighted by Crippen LogP contribution is 2.41. The van der Waals surface area contributed by atoms with Crippen LogP contribution in [0, 0.1) is 5.92 Å². The fraction of sp³-hybridized carbons (Fsp3) is 0.345. The van der Waals surface area contributed by atoms with Gasteiger partial charge in [-0.05, 0) is 50.1 Å². The lowest BCUT2D eigenvalue weighted by Gasteiger charge is -2.40. The summed E-state index contributed by atoms with van der Waals surface area (Å²) in [4.78, 5) is 55.5. The van der Waals surface area contributed by atoms with E-state index < -0.39 is 23.9 Å². The normalized spacial score (nSPS) is 17.5. The van der Waals surface area contributed by atoms with Crippen molar-refractivity contribution in [3.8, 4) is 0 Å². The van der Waals surface area contributed by atoms with Crippen LogP contribution in [0.25, 0.3) is 16.5 Å². The fourth-order valence-electron chi connectivity index (χ4n) is 4.94. The maximum atomic E-state index is 12.9. The van der Waals surface area contributed by atoms with Crippen LogP contribution in [0.2, 0.25) is 0 Å². The van der Waals surface area contributed by atoms with Gasteiger partial charge in [-0.25, -0.2) is 19.2 Å². The molecule has 12 heteroatoms. The van der Waals surface area contributed by atoms with Gasteiger partial charge in [0.15, 0.2) is 0 Å². The van der Waals surface area contributed by atoms with Crippen molar-refractivity contribution >= 4 is 46.3 Å². The average Bonchev–Trinajstić information content (AvgIpc) is 3.24. The topological polar surface area (TPSA) is 178 Å². The third kappa shape index (κ3) is 8.64. The molecule has 0 bridgehead atoms. The largest absolute Gasteiger partial charge is 0.478 e. The first-order chi connectivity index (χ1) is 19.3. The molecule has 1 aliphatic carbocycles. The summed E-state index contributed by atoms with van der Waals surface area (Å²) in [6.07, 6.45) is 7.79. The monoisotopic (exact) mass is 569 g/mol. The number of carbonyl (C=O) groups excluding carboxylic acids is 1. The summed E-state index contributed by atoms with van der Waals surface area (Å²) < 4.78 is 2.23. The molecule has 220 valence electrons. The van der Waals surface area contributed by atoms with Gasteiger partial charge in [0.25, 0.3) is 0 Å². The number of likely N-dealkylation sites (N-methyl/N-ethyl adjacent to an activating group) is 1. The Morgan fingerprint density at radius 3 is 1.85 bits per heavy atom. The van der Waals surface area contributed by atoms with Crippen LogP contribution in [-0.2, 0) is 37.4 Å². The van der Waals surface area contributed by atoms with Crippen molar-refractivity contribution in [2.45, 2.75) is 26.3 Å². The van der Waals surface area contributed by atoms with E-state index in [4.69, 9.17) is 20.4 Å². The molecule has 1 aliphatic heterocycles. The molecule has 1 amide bonds. The van der Waals surface area contributed by atoms with Gasteiger partial charge in [-0.3, -0.25) is 9.69 Å². The highest BCUT2D eigenvalue weighted by Gasteiger charge is 2.36. The molecule has 0 unspecified atom stereocenters. The van der Waals surface area contributed by atoms with Crippen molar-refractivity contribution in [1.82, 2.24) is 14.4 Å². The minimum atomic E-state index is -1.26. The molecular weight excluding hydrogens is 534 g/mol. The quantitative estimate of drug-likeness (QED) is 0.362. The molecule has 12 nitrogen and oxygen atoms in total. The van der Waals surface area contributed by atoms with E-state index in [1.807, 2.05) is 4.90 Å². The predicted molar refractivity (Wildman–Crippen MR) is 151 cm³/mol. The third-order valence-corrected chi connectivity index (χ3v) is 6.70. The molecule has 2 aliphatic rings. The van der Waals surface area contributed by atoms with E-state index in [1.54, 1.807) is 0 Å². The molecule has 4 N–H and O–H groups in total. The van der Waals surface area contributed by atoms with Gasteiger partial charge in [0.05, 0.1) is 5.92 Å². The number of rotatable bonds is 7. The van der Waals surface area contributed by atoms with Crippen LogP contribution >= 0.6 is 0 Å². The van der Waals surface area contributed by atoms with Crippen LogP contribution in [0.1, 0.15) is 25.0 Å². The molecule has 0 fully saturated rings. The molecule has 0 saturated carbocycles. The number of aliphatic carboxylic acids is 4. The number of aryl methyl sites for hydroxylation is 1. The fourth-order valence-corrected chi connectivity index (χ4v) is 4.94. The van der Waals surface area contributed by atoms with Gasteiger partial charge < -0.3 is 29.9 Å². The number of carboxylic acid groups (broad SMARTS) is 4. The predicted octanol–water partition coefficient (Wildman–Crippen LogP) is 2.34. The number of carbonyl (C=O) groups is 5. The van der Waals surface area contributed by atoms with Crippen molar-refractivity contribution in [2.75, 3.05) is 26.7 Å². The van der Waals surface area contributed by atoms with E-state index in [2.05, 4.69) is 67.9 Å². The van der Waals surface area contributed by atoms with Gasteiger partial charge in [-0.2, -0.15) is 0 Å². The SMILES string of the molecule is CCN(CC)C(=O)[C@@H]1C=C2c3cccc4c3c(cn4C)C[C@H]2N(C)C1.O=C(O)/C=C\C(=O)O.O=C(O)/C=C\C(=O)O. The van der Waals surface area contributed by atoms with Gasteiger partial charge in [-0.1, -0.05) is 18.2 Å². The summed E-state index contributed by atoms with van der Waals surface area (Å²) >= 11 is 0. The van der Waals surface area contributed by atoms with Gasteiger partial charge >= 0.3 is 23.9 Å². The van der Waals surface area contributed by atoms with E-state index >= 15 is 0 Å². The van der Waals surface area contributed by atoms with Crippen LogP contribution in [0.3, 0.4) is 0 Å². The van der Waals surface area contributed by atoms with Crippen molar-refractivity contribution in [3.05, 3.63) is 65.9 Å². The van der Waals surface area contributed by atoms with Crippen molar-refractivity contribution < 1.29 is 44.4 Å². The highest BCUT2D eigenvalue weighted by atomic mass is 16.4. The number of benzene rings is 1. The average molecular weight is 570 g/mol. The summed E-state index contributed by atoms with van der Waals surface area (Å²) in [5.41, 5.74) is 5.36. The molecule has 0 saturated heterocycles. The summed E-state index contributed by atoms with van der Waals surface area (Å²) in [5, 5.41) is 32.6. The minimum Gasteiger partial charge on any atom is -0.478 e. The second-order valence-corrected chi connectivity index (χ2v) is 9.38. The molecule has 2 atom stereocenters. The lowest BCUT2D eigenvalue weighted by atomic mass is 9.79.